The van der Waals surface area contributed by atoms with Crippen molar-refractivity contribution in [3.8, 4) is 0 Å². The van der Waals surface area contributed by atoms with Gasteiger partial charge in [0.05, 0.1) is 31.3 Å². The van der Waals surface area contributed by atoms with E-state index in [-0.39, 0.29) is 63.4 Å². The number of carboxylic acids is 2. The van der Waals surface area contributed by atoms with Crippen LogP contribution in [0.15, 0.2) is 0 Å². The van der Waals surface area contributed by atoms with Crippen molar-refractivity contribution in [3.63, 3.8) is 0 Å². The van der Waals surface area contributed by atoms with E-state index in [4.69, 9.17) is 0 Å². The second-order valence-corrected chi connectivity index (χ2v) is 4.26. The second-order valence-electron chi connectivity index (χ2n) is 2.28. The van der Waals surface area contributed by atoms with Crippen molar-refractivity contribution in [1.82, 2.24) is 4.31 Å². The van der Waals surface area contributed by atoms with Gasteiger partial charge in [-0.15, -0.1) is 0 Å². The predicted octanol–water partition coefficient (Wildman–Crippen LogP) is -10.2. The van der Waals surface area contributed by atoms with Gasteiger partial charge >= 0.3 is 59.1 Å². The van der Waals surface area contributed by atoms with E-state index in [0.717, 1.165) is 0 Å². The number of rotatable bonds is 5. The van der Waals surface area contributed by atoms with Crippen molar-refractivity contribution in [2.45, 2.75) is 0 Å². The van der Waals surface area contributed by atoms with E-state index >= 15 is 0 Å². The Labute approximate surface area is 131 Å². The molecule has 0 N–H and O–H groups in total. The van der Waals surface area contributed by atoms with Crippen LogP contribution in [0.5, 0.6) is 0 Å². The normalized spacial score (nSPS) is 10.0. The van der Waals surface area contributed by atoms with Gasteiger partial charge in [0.15, 0.2) is 0 Å². The van der Waals surface area contributed by atoms with Crippen LogP contribution in [-0.2, 0) is 19.6 Å². The van der Waals surface area contributed by atoms with Crippen molar-refractivity contribution in [2.75, 3.05) is 19.3 Å². The summed E-state index contributed by atoms with van der Waals surface area (Å²) in [5, 5.41) is 20.0. The Morgan fingerprint density at radius 3 is 1.47 bits per heavy atom. The van der Waals surface area contributed by atoms with Gasteiger partial charge in [0.25, 0.3) is 0 Å². The largest absolute Gasteiger partial charge is 1.00 e. The number of carbonyl (C=O) groups is 2. The molecule has 0 bridgehead atoms. The van der Waals surface area contributed by atoms with Gasteiger partial charge < -0.3 is 19.8 Å². The summed E-state index contributed by atoms with van der Waals surface area (Å²) in [5.41, 5.74) is 0. The zero-order valence-electron chi connectivity index (χ0n) is 8.72. The molecule has 76 valence electrons. The quantitative estimate of drug-likeness (QED) is 0.450. The summed E-state index contributed by atoms with van der Waals surface area (Å²) in [6.07, 6.45) is 0.693. The Kier molecular flexibility index (Phi) is 12.6. The third-order valence-electron chi connectivity index (χ3n) is 1.08. The smallest absolute Gasteiger partial charge is 0.549 e. The third kappa shape index (κ3) is 11.1. The van der Waals surface area contributed by atoms with Crippen molar-refractivity contribution >= 4 is 22.0 Å². The fraction of sp³-hybridized carbons (Fsp3) is 0.600. The van der Waals surface area contributed by atoms with Crippen LogP contribution in [0.2, 0.25) is 0 Å². The van der Waals surface area contributed by atoms with Gasteiger partial charge in [0.1, 0.15) is 0 Å². The first-order chi connectivity index (χ1) is 5.73. The Balaban J connectivity index is -0.000000720. The molecule has 0 aliphatic rings. The van der Waals surface area contributed by atoms with E-state index in [2.05, 4.69) is 0 Å². The van der Waals surface area contributed by atoms with Gasteiger partial charge in [-0.3, -0.25) is 0 Å². The van der Waals surface area contributed by atoms with Crippen molar-refractivity contribution < 1.29 is 87.3 Å². The molecule has 0 aliphatic heterocycles. The van der Waals surface area contributed by atoms with Crippen LogP contribution in [0.25, 0.3) is 0 Å². The number of sulfonamides is 1. The summed E-state index contributed by atoms with van der Waals surface area (Å²) >= 11 is 0. The molecule has 0 aromatic carbocycles. The zero-order valence-corrected chi connectivity index (χ0v) is 13.5. The van der Waals surface area contributed by atoms with Crippen LogP contribution in [-0.4, -0.2) is 44.0 Å². The summed E-state index contributed by atoms with van der Waals surface area (Å²) in [5.74, 6) is -3.35. The predicted molar refractivity (Wildman–Crippen MR) is 36.4 cm³/mol. The minimum absolute atomic E-state index is 0. The molecular weight excluding hydrogens is 248 g/mol. The molecule has 0 saturated carbocycles. The fourth-order valence-electron chi connectivity index (χ4n) is 0.578. The van der Waals surface area contributed by atoms with Gasteiger partial charge in [0.2, 0.25) is 10.0 Å². The fourth-order valence-corrected chi connectivity index (χ4v) is 1.26. The maximum Gasteiger partial charge on any atom is 1.00 e. The molecule has 10 heteroatoms. The van der Waals surface area contributed by atoms with Gasteiger partial charge in [-0.05, 0) is 0 Å². The molecular formula is C5H7NNa2O6S. The maximum absolute atomic E-state index is 10.7. The maximum atomic E-state index is 10.7. The molecule has 0 unspecified atom stereocenters. The van der Waals surface area contributed by atoms with Crippen LogP contribution in [0.3, 0.4) is 0 Å². The average molecular weight is 255 g/mol. The molecule has 7 nitrogen and oxygen atoms in total. The minimum Gasteiger partial charge on any atom is -0.549 e. The standard InChI is InChI=1S/C5H9NO6S.2Na/c1-13(11,12)6(2-4(7)8)3-5(9)10;;/h2-3H2,1H3,(H,7,8)(H,9,10);;/q;2*+1/p-2. The SMILES string of the molecule is CS(=O)(=O)N(CC(=O)[O-])CC(=O)[O-].[Na+].[Na+]. The Morgan fingerprint density at radius 2 is 1.33 bits per heavy atom. The summed E-state index contributed by atoms with van der Waals surface area (Å²) in [6.45, 7) is -1.99. The molecule has 0 heterocycles. The van der Waals surface area contributed by atoms with Crippen LogP contribution >= 0.6 is 0 Å². The number of hydrogen-bond donors (Lipinski definition) is 0. The van der Waals surface area contributed by atoms with Crippen LogP contribution in [0.4, 0.5) is 0 Å². The Morgan fingerprint density at radius 1 is 1.07 bits per heavy atom. The van der Waals surface area contributed by atoms with E-state index in [9.17, 15) is 28.2 Å². The molecule has 0 atom stereocenters. The van der Waals surface area contributed by atoms with E-state index in [1.807, 2.05) is 0 Å². The molecule has 0 amide bonds. The van der Waals surface area contributed by atoms with Crippen LogP contribution in [0.1, 0.15) is 0 Å². The first-order valence-electron chi connectivity index (χ1n) is 3.08. The second kappa shape index (κ2) is 8.94. The number of carboxylic acid groups (broad SMARTS) is 2. The van der Waals surface area contributed by atoms with E-state index < -0.39 is 35.1 Å². The van der Waals surface area contributed by atoms with Gasteiger partial charge in [-0.2, -0.15) is 4.31 Å². The van der Waals surface area contributed by atoms with Crippen LogP contribution in [0, 0.1) is 0 Å². The number of carbonyl (C=O) groups excluding carboxylic acids is 2. The minimum atomic E-state index is -3.86. The Bertz CT molecular complexity index is 299. The number of aliphatic carboxylic acids is 2. The molecule has 0 aliphatic carbocycles. The third-order valence-corrected chi connectivity index (χ3v) is 2.28. The molecule has 0 aromatic rings. The molecule has 0 saturated heterocycles. The average Bonchev–Trinajstić information content (AvgIpc) is 1.81. The summed E-state index contributed by atoms with van der Waals surface area (Å²) < 4.78 is 21.7. The molecule has 0 spiro atoms. The van der Waals surface area contributed by atoms with Crippen molar-refractivity contribution in [3.05, 3.63) is 0 Å². The molecule has 0 fully saturated rings. The van der Waals surface area contributed by atoms with Crippen molar-refractivity contribution in [1.29, 1.82) is 0 Å². The zero-order chi connectivity index (χ0) is 10.6. The van der Waals surface area contributed by atoms with Gasteiger partial charge in [-0.25, -0.2) is 8.42 Å². The van der Waals surface area contributed by atoms with E-state index in [1.165, 1.54) is 0 Å². The number of hydrogen-bond acceptors (Lipinski definition) is 6. The topological polar surface area (TPSA) is 118 Å². The molecule has 15 heavy (non-hydrogen) atoms. The van der Waals surface area contributed by atoms with E-state index in [0.29, 0.717) is 6.26 Å². The summed E-state index contributed by atoms with van der Waals surface area (Å²) in [4.78, 5) is 20.0. The van der Waals surface area contributed by atoms with E-state index in [1.54, 1.807) is 0 Å². The monoisotopic (exact) mass is 255 g/mol. The molecule has 0 radical (unpaired) electrons. The Hall–Kier alpha value is 0.850. The van der Waals surface area contributed by atoms with Crippen molar-refractivity contribution in [2.24, 2.45) is 0 Å². The number of nitrogens with zero attached hydrogens (tertiary/aromatic N) is 1. The molecule has 0 aromatic heterocycles. The van der Waals surface area contributed by atoms with Gasteiger partial charge in [-0.1, -0.05) is 0 Å². The molecule has 0 rings (SSSR count). The summed E-state index contributed by atoms with van der Waals surface area (Å²) in [6, 6.07) is 0. The first-order valence-corrected chi connectivity index (χ1v) is 4.93. The van der Waals surface area contributed by atoms with Crippen LogP contribution < -0.4 is 69.3 Å². The summed E-state index contributed by atoms with van der Waals surface area (Å²) in [7, 11) is -3.86. The first kappa shape index (κ1) is 21.2. The van der Waals surface area contributed by atoms with Gasteiger partial charge in [0, 0.05) is 0 Å².